The molecule has 0 aromatic heterocycles. The number of carbonyl (C=O) groups is 3. The number of hydrogen-bond donors (Lipinski definition) is 0. The number of carbonyl (C=O) groups excluding carboxylic acids is 3. The second-order valence-electron chi connectivity index (χ2n) is 22.0. The highest BCUT2D eigenvalue weighted by Crippen LogP contribution is 2.17. The minimum Gasteiger partial charge on any atom is -0.462 e. The maximum atomic E-state index is 12.9. The molecule has 0 aromatic carbocycles. The SMILES string of the molecule is CCCC/C=C\CCCCCCCC(=O)OCC(COC(=O)CCCCCCCCCCCCC/C=C\C/C=C\CCCCCCC)OC(=O)CCCCCCCCCCCCC/C=C\C/C=C\CCCCCCC. The average Bonchev–Trinajstić information content (AvgIpc) is 3.41. The summed E-state index contributed by atoms with van der Waals surface area (Å²) in [7, 11) is 0. The first-order chi connectivity index (χ1) is 37.0. The predicted octanol–water partition coefficient (Wildman–Crippen LogP) is 22.3. The third-order valence-corrected chi connectivity index (χ3v) is 14.5. The van der Waals surface area contributed by atoms with Crippen LogP contribution in [0.5, 0.6) is 0 Å². The molecule has 75 heavy (non-hydrogen) atoms. The Morgan fingerprint density at radius 2 is 0.493 bits per heavy atom. The maximum Gasteiger partial charge on any atom is 0.306 e. The van der Waals surface area contributed by atoms with Gasteiger partial charge in [0.15, 0.2) is 6.10 Å². The number of allylic oxidation sites excluding steroid dienone is 10. The Kier molecular flexibility index (Phi) is 61.2. The van der Waals surface area contributed by atoms with E-state index in [0.717, 1.165) is 77.0 Å². The van der Waals surface area contributed by atoms with Crippen LogP contribution in [0, 0.1) is 0 Å². The molecule has 1 unspecified atom stereocenters. The first kappa shape index (κ1) is 72.1. The van der Waals surface area contributed by atoms with Crippen molar-refractivity contribution in [3.05, 3.63) is 60.8 Å². The van der Waals surface area contributed by atoms with E-state index in [-0.39, 0.29) is 31.1 Å². The molecule has 0 rings (SSSR count). The number of rotatable bonds is 60. The van der Waals surface area contributed by atoms with Gasteiger partial charge in [-0.05, 0) is 103 Å². The Morgan fingerprint density at radius 1 is 0.267 bits per heavy atom. The molecular weight excluding hydrogens is 925 g/mol. The van der Waals surface area contributed by atoms with Crippen molar-refractivity contribution in [2.75, 3.05) is 13.2 Å². The Balaban J connectivity index is 4.26. The smallest absolute Gasteiger partial charge is 0.306 e. The number of hydrogen-bond acceptors (Lipinski definition) is 6. The molecule has 0 aliphatic heterocycles. The quantitative estimate of drug-likeness (QED) is 0.0261. The van der Waals surface area contributed by atoms with Gasteiger partial charge in [-0.2, -0.15) is 0 Å². The first-order valence-corrected chi connectivity index (χ1v) is 32.8. The van der Waals surface area contributed by atoms with Crippen molar-refractivity contribution in [3.8, 4) is 0 Å². The fraction of sp³-hybridized carbons (Fsp3) is 0.812. The van der Waals surface area contributed by atoms with Crippen LogP contribution in [0.25, 0.3) is 0 Å². The predicted molar refractivity (Wildman–Crippen MR) is 325 cm³/mol. The van der Waals surface area contributed by atoms with E-state index in [2.05, 4.69) is 81.5 Å². The van der Waals surface area contributed by atoms with Crippen LogP contribution in [0.15, 0.2) is 60.8 Å². The molecule has 0 heterocycles. The van der Waals surface area contributed by atoms with Crippen molar-refractivity contribution in [1.82, 2.24) is 0 Å². The second-order valence-corrected chi connectivity index (χ2v) is 22.0. The zero-order valence-electron chi connectivity index (χ0n) is 50.1. The summed E-state index contributed by atoms with van der Waals surface area (Å²) in [6.45, 7) is 6.61. The van der Waals surface area contributed by atoms with Gasteiger partial charge in [0.2, 0.25) is 0 Å². The van der Waals surface area contributed by atoms with E-state index in [4.69, 9.17) is 14.2 Å². The number of unbranched alkanes of at least 4 members (excludes halogenated alkanes) is 39. The summed E-state index contributed by atoms with van der Waals surface area (Å²) in [6, 6.07) is 0. The molecule has 0 bridgehead atoms. The minimum atomic E-state index is -0.780. The van der Waals surface area contributed by atoms with Crippen molar-refractivity contribution in [2.45, 2.75) is 348 Å². The van der Waals surface area contributed by atoms with Gasteiger partial charge in [0, 0.05) is 19.3 Å². The van der Waals surface area contributed by atoms with Crippen LogP contribution >= 0.6 is 0 Å². The molecule has 1 atom stereocenters. The molecule has 0 aliphatic rings. The molecule has 0 spiro atoms. The van der Waals surface area contributed by atoms with Crippen molar-refractivity contribution in [2.24, 2.45) is 0 Å². The molecule has 0 amide bonds. The van der Waals surface area contributed by atoms with Gasteiger partial charge in [-0.1, -0.05) is 281 Å². The van der Waals surface area contributed by atoms with Gasteiger partial charge in [0.05, 0.1) is 0 Å². The highest BCUT2D eigenvalue weighted by atomic mass is 16.6. The lowest BCUT2D eigenvalue weighted by Crippen LogP contribution is -2.30. The van der Waals surface area contributed by atoms with Gasteiger partial charge in [-0.15, -0.1) is 0 Å². The van der Waals surface area contributed by atoms with Gasteiger partial charge >= 0.3 is 17.9 Å². The topological polar surface area (TPSA) is 78.9 Å². The van der Waals surface area contributed by atoms with Gasteiger partial charge < -0.3 is 14.2 Å². The monoisotopic (exact) mass is 1050 g/mol. The summed E-state index contributed by atoms with van der Waals surface area (Å²) < 4.78 is 16.9. The molecule has 0 saturated heterocycles. The summed E-state index contributed by atoms with van der Waals surface area (Å²) >= 11 is 0. The van der Waals surface area contributed by atoms with Gasteiger partial charge in [0.25, 0.3) is 0 Å². The van der Waals surface area contributed by atoms with Gasteiger partial charge in [-0.25, -0.2) is 0 Å². The highest BCUT2D eigenvalue weighted by Gasteiger charge is 2.19. The van der Waals surface area contributed by atoms with Crippen molar-refractivity contribution < 1.29 is 28.6 Å². The molecule has 0 radical (unpaired) electrons. The van der Waals surface area contributed by atoms with Crippen molar-refractivity contribution in [3.63, 3.8) is 0 Å². The zero-order valence-corrected chi connectivity index (χ0v) is 50.1. The van der Waals surface area contributed by atoms with E-state index in [1.165, 1.54) is 225 Å². The number of ether oxygens (including phenoxy) is 3. The van der Waals surface area contributed by atoms with Gasteiger partial charge in [-0.3, -0.25) is 14.4 Å². The fourth-order valence-corrected chi connectivity index (χ4v) is 9.49. The second kappa shape index (κ2) is 63.6. The molecule has 6 nitrogen and oxygen atoms in total. The van der Waals surface area contributed by atoms with Crippen LogP contribution in [-0.2, 0) is 28.6 Å². The van der Waals surface area contributed by atoms with Crippen LogP contribution in [0.1, 0.15) is 342 Å². The van der Waals surface area contributed by atoms with Crippen LogP contribution in [-0.4, -0.2) is 37.2 Å². The summed E-state index contributed by atoms with van der Waals surface area (Å²) in [6.07, 6.45) is 80.9. The molecule has 0 aromatic rings. The zero-order chi connectivity index (χ0) is 54.3. The Morgan fingerprint density at radius 3 is 0.787 bits per heavy atom. The number of esters is 3. The molecule has 0 fully saturated rings. The summed E-state index contributed by atoms with van der Waals surface area (Å²) in [5.74, 6) is -0.874. The van der Waals surface area contributed by atoms with E-state index < -0.39 is 6.10 Å². The third kappa shape index (κ3) is 61.8. The Labute approximate surface area is 466 Å². The van der Waals surface area contributed by atoms with Gasteiger partial charge in [0.1, 0.15) is 13.2 Å². The normalized spacial score (nSPS) is 12.4. The van der Waals surface area contributed by atoms with Crippen LogP contribution < -0.4 is 0 Å². The Hall–Kier alpha value is -2.89. The van der Waals surface area contributed by atoms with Crippen LogP contribution in [0.4, 0.5) is 0 Å². The Bertz CT molecular complexity index is 1340. The molecule has 0 saturated carbocycles. The molecule has 0 aliphatic carbocycles. The van der Waals surface area contributed by atoms with Crippen molar-refractivity contribution in [1.29, 1.82) is 0 Å². The standard InChI is InChI=1S/C69H124O6/c1-4-7-10-13-16-19-22-24-26-28-30-32-34-36-38-40-42-44-47-50-53-56-59-62-68(71)74-65-66(64-73-67(70)61-58-55-52-49-46-21-18-15-12-9-6-3)75-69(72)63-60-57-54-51-48-45-43-41-39-37-35-33-31-29-27-25-23-20-17-14-11-8-5-2/h15,18,22-25,28-31,66H,4-14,16-17,19-21,26-27,32-65H2,1-3H3/b18-15-,24-22-,25-23-,30-28-,31-29-. The van der Waals surface area contributed by atoms with E-state index in [1.54, 1.807) is 0 Å². The molecular formula is C69H124O6. The molecule has 6 heteroatoms. The molecule has 436 valence electrons. The third-order valence-electron chi connectivity index (χ3n) is 14.5. The average molecular weight is 1050 g/mol. The van der Waals surface area contributed by atoms with E-state index in [9.17, 15) is 14.4 Å². The lowest BCUT2D eigenvalue weighted by molar-refractivity contribution is -0.167. The lowest BCUT2D eigenvalue weighted by atomic mass is 10.0. The van der Waals surface area contributed by atoms with E-state index in [0.29, 0.717) is 19.3 Å². The largest absolute Gasteiger partial charge is 0.462 e. The minimum absolute atomic E-state index is 0.0767. The lowest BCUT2D eigenvalue weighted by Gasteiger charge is -2.18. The summed E-state index contributed by atoms with van der Waals surface area (Å²) in [5.41, 5.74) is 0. The fourth-order valence-electron chi connectivity index (χ4n) is 9.49. The van der Waals surface area contributed by atoms with Crippen LogP contribution in [0.3, 0.4) is 0 Å². The summed E-state index contributed by atoms with van der Waals surface area (Å²) in [4.78, 5) is 38.3. The maximum absolute atomic E-state index is 12.9. The van der Waals surface area contributed by atoms with E-state index in [1.807, 2.05) is 0 Å². The van der Waals surface area contributed by atoms with Crippen molar-refractivity contribution >= 4 is 17.9 Å². The van der Waals surface area contributed by atoms with Crippen LogP contribution in [0.2, 0.25) is 0 Å². The highest BCUT2D eigenvalue weighted by molar-refractivity contribution is 5.71. The molecule has 0 N–H and O–H groups in total. The first-order valence-electron chi connectivity index (χ1n) is 32.8. The summed E-state index contributed by atoms with van der Waals surface area (Å²) in [5, 5.41) is 0. The van der Waals surface area contributed by atoms with E-state index >= 15 is 0 Å².